The SMILES string of the molecule is O=C(CSc1nccc(N2CCc3ccccc3C2)n1)Nc1ccc(F)cc1. The number of fused-ring (bicyclic) bond motifs is 1. The van der Waals surface area contributed by atoms with E-state index in [0.717, 1.165) is 25.3 Å². The highest BCUT2D eigenvalue weighted by Crippen LogP contribution is 2.24. The second-order valence-corrected chi connectivity index (χ2v) is 7.42. The van der Waals surface area contributed by atoms with E-state index in [1.165, 1.54) is 47.2 Å². The van der Waals surface area contributed by atoms with Gasteiger partial charge in [0.05, 0.1) is 5.75 Å². The van der Waals surface area contributed by atoms with Crippen molar-refractivity contribution in [3.8, 4) is 0 Å². The number of nitrogens with zero attached hydrogens (tertiary/aromatic N) is 3. The lowest BCUT2D eigenvalue weighted by Crippen LogP contribution is -2.31. The van der Waals surface area contributed by atoms with Gasteiger partial charge in [0.25, 0.3) is 0 Å². The molecule has 0 saturated heterocycles. The van der Waals surface area contributed by atoms with E-state index in [1.54, 1.807) is 6.20 Å². The van der Waals surface area contributed by atoms with Crippen molar-refractivity contribution in [2.75, 3.05) is 22.5 Å². The molecule has 1 N–H and O–H groups in total. The molecule has 1 aliphatic rings. The van der Waals surface area contributed by atoms with Gasteiger partial charge in [-0.15, -0.1) is 0 Å². The molecule has 2 heterocycles. The van der Waals surface area contributed by atoms with Crippen molar-refractivity contribution in [3.05, 3.63) is 77.7 Å². The van der Waals surface area contributed by atoms with Crippen LogP contribution in [0.3, 0.4) is 0 Å². The van der Waals surface area contributed by atoms with Crippen molar-refractivity contribution >= 4 is 29.2 Å². The van der Waals surface area contributed by atoms with Gasteiger partial charge in [-0.1, -0.05) is 36.0 Å². The molecule has 0 fully saturated rings. The van der Waals surface area contributed by atoms with Crippen molar-refractivity contribution in [2.45, 2.75) is 18.1 Å². The average Bonchev–Trinajstić information content (AvgIpc) is 2.74. The Labute approximate surface area is 167 Å². The van der Waals surface area contributed by atoms with Crippen molar-refractivity contribution in [1.82, 2.24) is 9.97 Å². The molecule has 0 aliphatic carbocycles. The van der Waals surface area contributed by atoms with Crippen LogP contribution in [0.5, 0.6) is 0 Å². The van der Waals surface area contributed by atoms with Gasteiger partial charge in [0, 0.05) is 25.0 Å². The fourth-order valence-electron chi connectivity index (χ4n) is 3.13. The van der Waals surface area contributed by atoms with E-state index >= 15 is 0 Å². The van der Waals surface area contributed by atoms with Crippen LogP contribution in [0.15, 0.2) is 66.0 Å². The van der Waals surface area contributed by atoms with E-state index in [-0.39, 0.29) is 17.5 Å². The Bertz CT molecular complexity index is 980. The summed E-state index contributed by atoms with van der Waals surface area (Å²) in [5.41, 5.74) is 3.27. The highest BCUT2D eigenvalue weighted by molar-refractivity contribution is 7.99. The number of halogens is 1. The fourth-order valence-corrected chi connectivity index (χ4v) is 3.75. The zero-order valence-electron chi connectivity index (χ0n) is 15.1. The minimum absolute atomic E-state index is 0.183. The first-order valence-electron chi connectivity index (χ1n) is 9.00. The topological polar surface area (TPSA) is 58.1 Å². The molecule has 7 heteroatoms. The minimum Gasteiger partial charge on any atom is -0.352 e. The Kier molecular flexibility index (Phi) is 5.53. The largest absolute Gasteiger partial charge is 0.352 e. The maximum absolute atomic E-state index is 12.9. The number of anilines is 2. The quantitative estimate of drug-likeness (QED) is 0.525. The monoisotopic (exact) mass is 394 g/mol. The van der Waals surface area contributed by atoms with Crippen LogP contribution in [-0.2, 0) is 17.8 Å². The van der Waals surface area contributed by atoms with Crippen LogP contribution in [-0.4, -0.2) is 28.2 Å². The summed E-state index contributed by atoms with van der Waals surface area (Å²) >= 11 is 1.28. The first-order valence-corrected chi connectivity index (χ1v) is 9.99. The summed E-state index contributed by atoms with van der Waals surface area (Å²) in [4.78, 5) is 23.2. The molecule has 0 radical (unpaired) electrons. The van der Waals surface area contributed by atoms with Crippen LogP contribution in [0.2, 0.25) is 0 Å². The minimum atomic E-state index is -0.335. The number of carbonyl (C=O) groups excluding carboxylic acids is 1. The Morgan fingerprint density at radius 2 is 1.89 bits per heavy atom. The van der Waals surface area contributed by atoms with Gasteiger partial charge in [-0.25, -0.2) is 14.4 Å². The molecular formula is C21H19FN4OS. The molecule has 5 nitrogen and oxygen atoms in total. The van der Waals surface area contributed by atoms with Gasteiger partial charge in [-0.3, -0.25) is 4.79 Å². The van der Waals surface area contributed by atoms with Gasteiger partial charge in [-0.05, 0) is 47.9 Å². The standard InChI is InChI=1S/C21H19FN4OS/c22-17-5-7-18(8-6-17)24-20(27)14-28-21-23-11-9-19(25-21)26-12-10-15-3-1-2-4-16(15)13-26/h1-9,11H,10,12-14H2,(H,24,27). The van der Waals surface area contributed by atoms with E-state index in [9.17, 15) is 9.18 Å². The van der Waals surface area contributed by atoms with Crippen molar-refractivity contribution < 1.29 is 9.18 Å². The second-order valence-electron chi connectivity index (χ2n) is 6.48. The number of benzene rings is 2. The molecule has 142 valence electrons. The molecule has 0 spiro atoms. The van der Waals surface area contributed by atoms with E-state index in [2.05, 4.69) is 44.5 Å². The highest BCUT2D eigenvalue weighted by atomic mass is 32.2. The summed E-state index contributed by atoms with van der Waals surface area (Å²) in [5.74, 6) is 0.533. The third-order valence-corrected chi connectivity index (χ3v) is 5.40. The molecule has 1 aromatic heterocycles. The zero-order valence-corrected chi connectivity index (χ0v) is 16.0. The van der Waals surface area contributed by atoms with Crippen LogP contribution in [0.25, 0.3) is 0 Å². The van der Waals surface area contributed by atoms with Crippen molar-refractivity contribution in [3.63, 3.8) is 0 Å². The van der Waals surface area contributed by atoms with Gasteiger partial charge >= 0.3 is 0 Å². The maximum Gasteiger partial charge on any atom is 0.234 e. The van der Waals surface area contributed by atoms with Crippen molar-refractivity contribution in [2.24, 2.45) is 0 Å². The second kappa shape index (κ2) is 8.39. The molecular weight excluding hydrogens is 375 g/mol. The number of nitrogens with one attached hydrogen (secondary N) is 1. The van der Waals surface area contributed by atoms with Crippen LogP contribution < -0.4 is 10.2 Å². The number of thioether (sulfide) groups is 1. The Morgan fingerprint density at radius 1 is 1.11 bits per heavy atom. The molecule has 1 amide bonds. The zero-order chi connectivity index (χ0) is 19.3. The number of hydrogen-bond donors (Lipinski definition) is 1. The summed E-state index contributed by atoms with van der Waals surface area (Å²) in [5, 5.41) is 3.30. The predicted octanol–water partition coefficient (Wildman–Crippen LogP) is 3.91. The third kappa shape index (κ3) is 4.48. The van der Waals surface area contributed by atoms with Gasteiger partial charge in [0.1, 0.15) is 11.6 Å². The van der Waals surface area contributed by atoms with Crippen molar-refractivity contribution in [1.29, 1.82) is 0 Å². The summed E-state index contributed by atoms with van der Waals surface area (Å²) in [6, 6.07) is 16.0. The summed E-state index contributed by atoms with van der Waals surface area (Å²) < 4.78 is 12.9. The summed E-state index contributed by atoms with van der Waals surface area (Å²) in [6.45, 7) is 1.73. The first-order chi connectivity index (χ1) is 13.7. The number of carbonyl (C=O) groups is 1. The number of aromatic nitrogens is 2. The van der Waals surface area contributed by atoms with E-state index in [4.69, 9.17) is 0 Å². The van der Waals surface area contributed by atoms with Gasteiger partial charge in [0.2, 0.25) is 5.91 Å². The molecule has 3 aromatic rings. The maximum atomic E-state index is 12.9. The molecule has 0 saturated carbocycles. The lowest BCUT2D eigenvalue weighted by Gasteiger charge is -2.29. The fraction of sp³-hybridized carbons (Fsp3) is 0.190. The van der Waals surface area contributed by atoms with Crippen LogP contribution in [0.4, 0.5) is 15.9 Å². The normalized spacial score (nSPS) is 13.1. The Balaban J connectivity index is 1.36. The number of amides is 1. The average molecular weight is 394 g/mol. The number of hydrogen-bond acceptors (Lipinski definition) is 5. The highest BCUT2D eigenvalue weighted by Gasteiger charge is 2.17. The van der Waals surface area contributed by atoms with E-state index in [0.29, 0.717) is 10.8 Å². The molecule has 28 heavy (non-hydrogen) atoms. The Hall–Kier alpha value is -2.93. The lowest BCUT2D eigenvalue weighted by atomic mass is 10.00. The first kappa shape index (κ1) is 18.4. The van der Waals surface area contributed by atoms with E-state index in [1.807, 2.05) is 6.07 Å². The van der Waals surface area contributed by atoms with Gasteiger partial charge in [-0.2, -0.15) is 0 Å². The molecule has 2 aromatic carbocycles. The molecule has 0 unspecified atom stereocenters. The molecule has 0 atom stereocenters. The predicted molar refractivity (Wildman–Crippen MR) is 109 cm³/mol. The molecule has 4 rings (SSSR count). The van der Waals surface area contributed by atoms with Gasteiger partial charge in [0.15, 0.2) is 5.16 Å². The summed E-state index contributed by atoms with van der Waals surface area (Å²) in [7, 11) is 0. The van der Waals surface area contributed by atoms with Crippen LogP contribution in [0.1, 0.15) is 11.1 Å². The molecule has 0 bridgehead atoms. The Morgan fingerprint density at radius 3 is 2.71 bits per heavy atom. The molecule has 1 aliphatic heterocycles. The number of rotatable bonds is 5. The van der Waals surface area contributed by atoms with Crippen LogP contribution in [0, 0.1) is 5.82 Å². The van der Waals surface area contributed by atoms with E-state index < -0.39 is 0 Å². The lowest BCUT2D eigenvalue weighted by molar-refractivity contribution is -0.113. The smallest absolute Gasteiger partial charge is 0.234 e. The van der Waals surface area contributed by atoms with Gasteiger partial charge < -0.3 is 10.2 Å². The third-order valence-electron chi connectivity index (χ3n) is 4.53. The van der Waals surface area contributed by atoms with Crippen LogP contribution >= 0.6 is 11.8 Å². The summed E-state index contributed by atoms with van der Waals surface area (Å²) in [6.07, 6.45) is 2.71.